The average molecular weight is 294 g/mol. The number of hydrogen-bond acceptors (Lipinski definition) is 2. The molecule has 0 amide bonds. The van der Waals surface area contributed by atoms with Gasteiger partial charge in [0.05, 0.1) is 5.69 Å². The standard InChI is InChI=1S/C13H12BrNS/c1-9-5-3-4-6-12(9)16-13-8-7-11(14)10(2)15-13/h3-8H,1-2H3. The van der Waals surface area contributed by atoms with Gasteiger partial charge in [-0.3, -0.25) is 0 Å². The first kappa shape index (κ1) is 11.7. The zero-order chi connectivity index (χ0) is 11.5. The summed E-state index contributed by atoms with van der Waals surface area (Å²) >= 11 is 5.16. The molecule has 0 aliphatic carbocycles. The van der Waals surface area contributed by atoms with Crippen molar-refractivity contribution >= 4 is 27.7 Å². The highest BCUT2D eigenvalue weighted by Gasteiger charge is 2.03. The first-order valence-corrected chi connectivity index (χ1v) is 6.64. The molecule has 0 N–H and O–H groups in total. The molecule has 0 fully saturated rings. The van der Waals surface area contributed by atoms with Crippen LogP contribution in [-0.2, 0) is 0 Å². The Morgan fingerprint density at radius 1 is 1.06 bits per heavy atom. The van der Waals surface area contributed by atoms with E-state index in [0.717, 1.165) is 15.2 Å². The van der Waals surface area contributed by atoms with Crippen LogP contribution in [-0.4, -0.2) is 4.98 Å². The van der Waals surface area contributed by atoms with Crippen molar-refractivity contribution in [1.29, 1.82) is 0 Å². The maximum atomic E-state index is 4.53. The molecule has 0 aliphatic rings. The topological polar surface area (TPSA) is 12.9 Å². The molecule has 1 heterocycles. The van der Waals surface area contributed by atoms with Crippen LogP contribution in [0, 0.1) is 13.8 Å². The second-order valence-corrected chi connectivity index (χ2v) is 5.50. The van der Waals surface area contributed by atoms with Gasteiger partial charge in [-0.2, -0.15) is 0 Å². The highest BCUT2D eigenvalue weighted by atomic mass is 79.9. The van der Waals surface area contributed by atoms with Gasteiger partial charge in [0.15, 0.2) is 0 Å². The Hall–Kier alpha value is -0.800. The van der Waals surface area contributed by atoms with E-state index in [1.807, 2.05) is 19.1 Å². The second kappa shape index (κ2) is 5.02. The number of benzene rings is 1. The molecule has 1 aromatic carbocycles. The molecule has 1 aromatic heterocycles. The van der Waals surface area contributed by atoms with Gasteiger partial charge in [-0.1, -0.05) is 30.0 Å². The fourth-order valence-corrected chi connectivity index (χ4v) is 2.50. The monoisotopic (exact) mass is 293 g/mol. The predicted molar refractivity (Wildman–Crippen MR) is 72.0 cm³/mol. The molecule has 0 bridgehead atoms. The second-order valence-electron chi connectivity index (χ2n) is 3.58. The highest BCUT2D eigenvalue weighted by Crippen LogP contribution is 2.29. The van der Waals surface area contributed by atoms with E-state index >= 15 is 0 Å². The van der Waals surface area contributed by atoms with E-state index in [9.17, 15) is 0 Å². The molecule has 3 heteroatoms. The van der Waals surface area contributed by atoms with Crippen LogP contribution in [0.1, 0.15) is 11.3 Å². The number of nitrogens with zero attached hydrogens (tertiary/aromatic N) is 1. The molecule has 0 unspecified atom stereocenters. The Kier molecular flexibility index (Phi) is 3.66. The summed E-state index contributed by atoms with van der Waals surface area (Å²) in [5.74, 6) is 0. The number of rotatable bonds is 2. The lowest BCUT2D eigenvalue weighted by molar-refractivity contribution is 1.05. The Labute approximate surface area is 108 Å². The van der Waals surface area contributed by atoms with E-state index in [4.69, 9.17) is 0 Å². The van der Waals surface area contributed by atoms with Crippen LogP contribution in [0.3, 0.4) is 0 Å². The predicted octanol–water partition coefficient (Wildman–Crippen LogP) is 4.61. The average Bonchev–Trinajstić information content (AvgIpc) is 2.27. The SMILES string of the molecule is Cc1ccccc1Sc1ccc(Br)c(C)n1. The van der Waals surface area contributed by atoms with Crippen molar-refractivity contribution in [2.45, 2.75) is 23.8 Å². The van der Waals surface area contributed by atoms with Crippen molar-refractivity contribution in [1.82, 2.24) is 4.98 Å². The fraction of sp³-hybridized carbons (Fsp3) is 0.154. The van der Waals surface area contributed by atoms with Crippen molar-refractivity contribution in [3.63, 3.8) is 0 Å². The molecule has 2 rings (SSSR count). The quantitative estimate of drug-likeness (QED) is 0.802. The number of aryl methyl sites for hydroxylation is 2. The minimum absolute atomic E-state index is 1.03. The summed E-state index contributed by atoms with van der Waals surface area (Å²) in [6.45, 7) is 4.13. The zero-order valence-corrected chi connectivity index (χ0v) is 11.6. The van der Waals surface area contributed by atoms with Crippen LogP contribution in [0.4, 0.5) is 0 Å². The van der Waals surface area contributed by atoms with E-state index in [-0.39, 0.29) is 0 Å². The van der Waals surface area contributed by atoms with Gasteiger partial charge in [0.1, 0.15) is 5.03 Å². The Morgan fingerprint density at radius 2 is 1.81 bits per heavy atom. The molecule has 0 spiro atoms. The van der Waals surface area contributed by atoms with E-state index in [2.05, 4.69) is 52.1 Å². The van der Waals surface area contributed by atoms with Crippen molar-refractivity contribution in [2.24, 2.45) is 0 Å². The number of hydrogen-bond donors (Lipinski definition) is 0. The van der Waals surface area contributed by atoms with Gasteiger partial charge in [0.2, 0.25) is 0 Å². The van der Waals surface area contributed by atoms with Gasteiger partial charge in [-0.15, -0.1) is 0 Å². The van der Waals surface area contributed by atoms with Crippen molar-refractivity contribution in [3.8, 4) is 0 Å². The molecule has 1 nitrogen and oxygen atoms in total. The van der Waals surface area contributed by atoms with Crippen molar-refractivity contribution in [2.75, 3.05) is 0 Å². The number of aromatic nitrogens is 1. The Balaban J connectivity index is 2.28. The molecule has 2 aromatic rings. The first-order valence-electron chi connectivity index (χ1n) is 5.03. The third kappa shape index (κ3) is 2.66. The van der Waals surface area contributed by atoms with Gasteiger partial charge in [0, 0.05) is 9.37 Å². The lowest BCUT2D eigenvalue weighted by atomic mass is 10.2. The van der Waals surface area contributed by atoms with E-state index in [1.165, 1.54) is 10.5 Å². The molecule has 0 atom stereocenters. The Bertz CT molecular complexity index is 511. The Morgan fingerprint density at radius 3 is 2.50 bits per heavy atom. The summed E-state index contributed by atoms with van der Waals surface area (Å²) in [6, 6.07) is 12.4. The number of halogens is 1. The zero-order valence-electron chi connectivity index (χ0n) is 9.20. The maximum Gasteiger partial charge on any atom is 0.101 e. The molecule has 0 saturated carbocycles. The molecular weight excluding hydrogens is 282 g/mol. The fourth-order valence-electron chi connectivity index (χ4n) is 1.36. The van der Waals surface area contributed by atoms with Gasteiger partial charge < -0.3 is 0 Å². The molecule has 82 valence electrons. The summed E-state index contributed by atoms with van der Waals surface area (Å²) in [6.07, 6.45) is 0. The minimum atomic E-state index is 1.03. The van der Waals surface area contributed by atoms with Gasteiger partial charge in [-0.25, -0.2) is 4.98 Å². The third-order valence-electron chi connectivity index (χ3n) is 2.30. The van der Waals surface area contributed by atoms with Crippen LogP contribution in [0.2, 0.25) is 0 Å². The van der Waals surface area contributed by atoms with Gasteiger partial charge in [0.25, 0.3) is 0 Å². The van der Waals surface area contributed by atoms with E-state index < -0.39 is 0 Å². The highest BCUT2D eigenvalue weighted by molar-refractivity contribution is 9.10. The van der Waals surface area contributed by atoms with Crippen LogP contribution >= 0.6 is 27.7 Å². The summed E-state index contributed by atoms with van der Waals surface area (Å²) < 4.78 is 1.06. The molecular formula is C13H12BrNS. The van der Waals surface area contributed by atoms with Crippen LogP contribution < -0.4 is 0 Å². The minimum Gasteiger partial charge on any atom is -0.245 e. The number of pyridine rings is 1. The summed E-state index contributed by atoms with van der Waals surface area (Å²) in [5, 5.41) is 1.04. The van der Waals surface area contributed by atoms with Crippen molar-refractivity contribution in [3.05, 3.63) is 52.1 Å². The molecule has 0 radical (unpaired) electrons. The summed E-state index contributed by atoms with van der Waals surface area (Å²) in [7, 11) is 0. The lowest BCUT2D eigenvalue weighted by Crippen LogP contribution is -1.86. The van der Waals surface area contributed by atoms with E-state index in [0.29, 0.717) is 0 Å². The maximum absolute atomic E-state index is 4.53. The normalized spacial score (nSPS) is 10.4. The molecule has 0 aliphatic heterocycles. The molecule has 0 saturated heterocycles. The molecule has 16 heavy (non-hydrogen) atoms. The van der Waals surface area contributed by atoms with Crippen molar-refractivity contribution < 1.29 is 0 Å². The lowest BCUT2D eigenvalue weighted by Gasteiger charge is -2.05. The third-order valence-corrected chi connectivity index (χ3v) is 4.26. The largest absolute Gasteiger partial charge is 0.245 e. The first-order chi connectivity index (χ1) is 7.66. The summed E-state index contributed by atoms with van der Waals surface area (Å²) in [5.41, 5.74) is 2.31. The van der Waals surface area contributed by atoms with Gasteiger partial charge >= 0.3 is 0 Å². The smallest absolute Gasteiger partial charge is 0.101 e. The van der Waals surface area contributed by atoms with Crippen LogP contribution in [0.5, 0.6) is 0 Å². The van der Waals surface area contributed by atoms with Crippen LogP contribution in [0.15, 0.2) is 50.8 Å². The van der Waals surface area contributed by atoms with E-state index in [1.54, 1.807) is 11.8 Å². The van der Waals surface area contributed by atoms with Gasteiger partial charge in [-0.05, 0) is 53.5 Å². The van der Waals surface area contributed by atoms with Crippen LogP contribution in [0.25, 0.3) is 0 Å². The summed E-state index contributed by atoms with van der Waals surface area (Å²) in [4.78, 5) is 5.79.